The Morgan fingerprint density at radius 2 is 1.73 bits per heavy atom. The normalized spacial score (nSPS) is 25.7. The van der Waals surface area contributed by atoms with E-state index in [4.69, 9.17) is 28.6 Å². The first-order valence-electron chi connectivity index (χ1n) is 19.2. The molecular formula is C40H52Cl2N8O5S. The van der Waals surface area contributed by atoms with Crippen molar-refractivity contribution in [3.05, 3.63) is 53.1 Å². The van der Waals surface area contributed by atoms with Crippen molar-refractivity contribution in [2.24, 2.45) is 0 Å². The number of anilines is 3. The van der Waals surface area contributed by atoms with Crippen LogP contribution in [-0.4, -0.2) is 112 Å². The van der Waals surface area contributed by atoms with Gasteiger partial charge < -0.3 is 25.2 Å². The first kappa shape index (κ1) is 43.3. The molecule has 13 nitrogen and oxygen atoms in total. The van der Waals surface area contributed by atoms with Crippen LogP contribution in [0.4, 0.5) is 17.1 Å². The highest BCUT2D eigenvalue weighted by molar-refractivity contribution is 7.80. The van der Waals surface area contributed by atoms with Crippen LogP contribution in [0.1, 0.15) is 78.2 Å². The molecule has 3 N–H and O–H groups in total. The lowest BCUT2D eigenvalue weighted by Crippen LogP contribution is -2.58. The van der Waals surface area contributed by atoms with E-state index in [1.165, 1.54) is 0 Å². The lowest BCUT2D eigenvalue weighted by atomic mass is 9.89. The Morgan fingerprint density at radius 1 is 1.04 bits per heavy atom. The highest BCUT2D eigenvalue weighted by atomic mass is 35.5. The lowest BCUT2D eigenvalue weighted by Gasteiger charge is -2.44. The molecule has 302 valence electrons. The summed E-state index contributed by atoms with van der Waals surface area (Å²) in [6.45, 7) is 11.8. The highest BCUT2D eigenvalue weighted by Crippen LogP contribution is 2.39. The molecule has 3 aliphatic heterocycles. The van der Waals surface area contributed by atoms with E-state index in [1.807, 2.05) is 32.0 Å². The summed E-state index contributed by atoms with van der Waals surface area (Å²) in [5.41, 5.74) is 1.47. The minimum atomic E-state index is -0.803. The molecule has 16 heteroatoms. The third-order valence-electron chi connectivity index (χ3n) is 11.3. The Morgan fingerprint density at radius 3 is 2.39 bits per heavy atom. The monoisotopic (exact) mass is 826 g/mol. The van der Waals surface area contributed by atoms with Gasteiger partial charge in [0.25, 0.3) is 5.91 Å². The molecule has 0 aromatic heterocycles. The van der Waals surface area contributed by atoms with Crippen LogP contribution in [0, 0.1) is 11.3 Å². The number of piperidine rings is 1. The number of nitrogens with zero attached hydrogens (tertiary/aromatic N) is 5. The maximum Gasteiger partial charge on any atom is 0.258 e. The predicted octanol–water partition coefficient (Wildman–Crippen LogP) is 5.31. The van der Waals surface area contributed by atoms with Crippen molar-refractivity contribution >= 4 is 82.0 Å². The van der Waals surface area contributed by atoms with Gasteiger partial charge in [-0.2, -0.15) is 5.26 Å². The van der Waals surface area contributed by atoms with Crippen molar-refractivity contribution in [3.63, 3.8) is 0 Å². The van der Waals surface area contributed by atoms with E-state index < -0.39 is 11.6 Å². The maximum absolute atomic E-state index is 13.6. The summed E-state index contributed by atoms with van der Waals surface area (Å²) in [7, 11) is 0. The zero-order chi connectivity index (χ0) is 39.4. The van der Waals surface area contributed by atoms with Crippen LogP contribution in [0.2, 0.25) is 5.02 Å². The third kappa shape index (κ3) is 9.81. The molecular weight excluding hydrogens is 775 g/mol. The maximum atomic E-state index is 13.6. The lowest BCUT2D eigenvalue weighted by molar-refractivity contribution is -0.133. The van der Waals surface area contributed by atoms with Gasteiger partial charge in [0.05, 0.1) is 28.9 Å². The Balaban J connectivity index is 0.00000600. The van der Waals surface area contributed by atoms with E-state index >= 15 is 0 Å². The molecule has 0 spiro atoms. The van der Waals surface area contributed by atoms with Gasteiger partial charge in [-0.25, -0.2) is 0 Å². The van der Waals surface area contributed by atoms with Gasteiger partial charge in [-0.1, -0.05) is 17.7 Å². The molecule has 4 aliphatic rings. The van der Waals surface area contributed by atoms with Crippen molar-refractivity contribution < 1.29 is 23.9 Å². The SMILES string of the molecule is C[C@@H]1CN(CCCOC2CCC(N3C(=S)N(c4ccc(C#N)c(Cl)c4)C(=O)C3(C)C)CC2)C[C@H](C)N1CC(=O)Nc1cccc(NC2CCC(=O)NC2=O)c1.Cl. The number of hydrogen-bond acceptors (Lipinski definition) is 10. The standard InChI is InChI=1S/C40H51ClN8O5S.ClH/c1-25-22-46(23-26(2)47(25)24-36(51)44-29-8-5-7-28(19-29)43-34-15-16-35(50)45-37(34)52)17-6-18-54-32-13-11-30(12-14-32)49-39(55)48(38(53)40(49,3)4)31-10-9-27(21-42)33(41)20-31;/h5,7-10,19-20,25-26,30,32,34,43H,6,11-18,22-24H2,1-4H3,(H,44,51)(H,45,50,52);1H/t25-,26+,30?,32?,34?;. The largest absolute Gasteiger partial charge is 0.378 e. The van der Waals surface area contributed by atoms with E-state index in [0.29, 0.717) is 52.2 Å². The number of imide groups is 1. The van der Waals surface area contributed by atoms with Gasteiger partial charge in [-0.3, -0.25) is 34.3 Å². The van der Waals surface area contributed by atoms with Crippen molar-refractivity contribution in [2.75, 3.05) is 48.3 Å². The second kappa shape index (κ2) is 18.6. The van der Waals surface area contributed by atoms with Gasteiger partial charge in [-0.05, 0) is 115 Å². The van der Waals surface area contributed by atoms with Gasteiger partial charge >= 0.3 is 0 Å². The van der Waals surface area contributed by atoms with Gasteiger partial charge in [0.2, 0.25) is 17.7 Å². The summed E-state index contributed by atoms with van der Waals surface area (Å²) in [4.78, 5) is 58.7. The van der Waals surface area contributed by atoms with E-state index in [1.54, 1.807) is 29.2 Å². The Kier molecular flexibility index (Phi) is 14.4. The zero-order valence-corrected chi connectivity index (χ0v) is 34.8. The number of piperazine rings is 1. The molecule has 4 amide bonds. The molecule has 3 heterocycles. The van der Waals surface area contributed by atoms with Crippen LogP contribution in [0.25, 0.3) is 0 Å². The Labute approximate surface area is 345 Å². The van der Waals surface area contributed by atoms with E-state index in [0.717, 1.165) is 51.7 Å². The number of benzene rings is 2. The molecule has 3 atom stereocenters. The molecule has 0 radical (unpaired) electrons. The third-order valence-corrected chi connectivity index (χ3v) is 12.0. The molecule has 2 aromatic rings. The first-order chi connectivity index (χ1) is 26.2. The average molecular weight is 828 g/mol. The summed E-state index contributed by atoms with van der Waals surface area (Å²) in [5.74, 6) is -0.795. The Bertz CT molecular complexity index is 1840. The minimum absolute atomic E-state index is 0. The fraction of sp³-hybridized carbons (Fsp3) is 0.550. The molecule has 0 bridgehead atoms. The number of nitriles is 1. The second-order valence-corrected chi connectivity index (χ2v) is 16.5. The van der Waals surface area contributed by atoms with Crippen molar-refractivity contribution in [1.82, 2.24) is 20.0 Å². The fourth-order valence-electron chi connectivity index (χ4n) is 8.44. The zero-order valence-electron chi connectivity index (χ0n) is 32.4. The van der Waals surface area contributed by atoms with Crippen LogP contribution >= 0.6 is 36.2 Å². The van der Waals surface area contributed by atoms with E-state index in [9.17, 15) is 24.4 Å². The average Bonchev–Trinajstić information content (AvgIpc) is 3.32. The van der Waals surface area contributed by atoms with Crippen LogP contribution in [0.15, 0.2) is 42.5 Å². The number of carbonyl (C=O) groups excluding carboxylic acids is 4. The van der Waals surface area contributed by atoms with Crippen LogP contribution in [0.3, 0.4) is 0 Å². The second-order valence-electron chi connectivity index (χ2n) is 15.7. The number of thiocarbonyl (C=S) groups is 1. The van der Waals surface area contributed by atoms with Crippen LogP contribution in [0.5, 0.6) is 0 Å². The van der Waals surface area contributed by atoms with Crippen molar-refractivity contribution in [2.45, 2.75) is 108 Å². The summed E-state index contributed by atoms with van der Waals surface area (Å²) < 4.78 is 6.36. The topological polar surface area (TPSA) is 150 Å². The van der Waals surface area contributed by atoms with E-state index in [2.05, 4.69) is 50.6 Å². The fourth-order valence-corrected chi connectivity index (χ4v) is 9.22. The molecule has 1 unspecified atom stereocenters. The molecule has 3 saturated heterocycles. The van der Waals surface area contributed by atoms with Crippen molar-refractivity contribution in [1.29, 1.82) is 5.26 Å². The van der Waals surface area contributed by atoms with Crippen LogP contribution in [-0.2, 0) is 23.9 Å². The number of amides is 4. The summed E-state index contributed by atoms with van der Waals surface area (Å²) >= 11 is 12.2. The van der Waals surface area contributed by atoms with Crippen LogP contribution < -0.4 is 20.9 Å². The van der Waals surface area contributed by atoms with Gasteiger partial charge in [0, 0.05) is 62.2 Å². The summed E-state index contributed by atoms with van der Waals surface area (Å²) in [6.07, 6.45) is 5.34. The molecule has 1 aliphatic carbocycles. The minimum Gasteiger partial charge on any atom is -0.378 e. The van der Waals surface area contributed by atoms with Crippen molar-refractivity contribution in [3.8, 4) is 6.07 Å². The highest BCUT2D eigenvalue weighted by Gasteiger charge is 2.52. The van der Waals surface area contributed by atoms with Gasteiger partial charge in [0.15, 0.2) is 5.11 Å². The van der Waals surface area contributed by atoms with Gasteiger partial charge in [-0.15, -0.1) is 12.4 Å². The molecule has 6 rings (SSSR count). The predicted molar refractivity (Wildman–Crippen MR) is 223 cm³/mol. The molecule has 4 fully saturated rings. The number of nitrogens with one attached hydrogen (secondary N) is 3. The molecule has 56 heavy (non-hydrogen) atoms. The number of ether oxygens (including phenoxy) is 1. The number of carbonyl (C=O) groups is 4. The smallest absolute Gasteiger partial charge is 0.258 e. The number of hydrogen-bond donors (Lipinski definition) is 3. The number of halogens is 2. The summed E-state index contributed by atoms with van der Waals surface area (Å²) in [5, 5.41) is 18.6. The molecule has 1 saturated carbocycles. The first-order valence-corrected chi connectivity index (χ1v) is 20.0. The van der Waals surface area contributed by atoms with Gasteiger partial charge in [0.1, 0.15) is 17.6 Å². The molecule has 2 aromatic carbocycles. The summed E-state index contributed by atoms with van der Waals surface area (Å²) in [6, 6.07) is 14.3. The quantitative estimate of drug-likeness (QED) is 0.145. The van der Waals surface area contributed by atoms with E-state index in [-0.39, 0.29) is 66.8 Å². The Hall–Kier alpha value is -3.84. The number of rotatable bonds is 12.